The van der Waals surface area contributed by atoms with Crippen LogP contribution in [0.1, 0.15) is 45.4 Å². The Kier molecular flexibility index (Phi) is 6.46. The Balaban J connectivity index is 1.64. The molecule has 0 spiro atoms. The molecule has 0 saturated heterocycles. The van der Waals surface area contributed by atoms with Gasteiger partial charge in [0.05, 0.1) is 5.56 Å². The van der Waals surface area contributed by atoms with Crippen LogP contribution in [0.15, 0.2) is 109 Å². The predicted octanol–water partition coefficient (Wildman–Crippen LogP) is 6.48. The second-order valence-corrected chi connectivity index (χ2v) is 7.61. The Morgan fingerprint density at radius 1 is 0.750 bits per heavy atom. The van der Waals surface area contributed by atoms with E-state index in [9.17, 15) is 9.70 Å². The number of carboxylic acid groups (broad SMARTS) is 1. The highest BCUT2D eigenvalue weighted by Crippen LogP contribution is 2.36. The van der Waals surface area contributed by atoms with Crippen molar-refractivity contribution in [2.75, 3.05) is 0 Å². The first-order valence-corrected chi connectivity index (χ1v) is 10.4. The van der Waals surface area contributed by atoms with E-state index in [1.54, 1.807) is 24.5 Å². The first-order valence-electron chi connectivity index (χ1n) is 10.4. The van der Waals surface area contributed by atoms with Gasteiger partial charge in [-0.25, -0.2) is 4.79 Å². The largest absolute Gasteiger partial charge is 0.478 e. The van der Waals surface area contributed by atoms with Gasteiger partial charge in [-0.1, -0.05) is 71.9 Å². The van der Waals surface area contributed by atoms with Gasteiger partial charge in [-0.3, -0.25) is 4.98 Å². The molecule has 2 unspecified atom stereocenters. The van der Waals surface area contributed by atoms with Crippen molar-refractivity contribution in [2.45, 2.75) is 18.4 Å². The van der Waals surface area contributed by atoms with Gasteiger partial charge in [-0.2, -0.15) is 4.91 Å². The summed E-state index contributed by atoms with van der Waals surface area (Å²) in [4.78, 5) is 26.8. The number of rotatable bonds is 8. The highest BCUT2D eigenvalue weighted by atomic mass is 16.4. The molecule has 0 aliphatic rings. The van der Waals surface area contributed by atoms with Crippen molar-refractivity contribution >= 4 is 5.97 Å². The monoisotopic (exact) mass is 422 g/mol. The molecular formula is C27H22N2O3. The molecule has 0 aliphatic carbocycles. The molecule has 4 rings (SSSR count). The van der Waals surface area contributed by atoms with E-state index in [2.05, 4.69) is 34.4 Å². The molecule has 0 fully saturated rings. The SMILES string of the molecule is O=NC(CC(c1ccccc1)c1ccc(-c2ccc(C(=O)O)cc2)cc1)c1ccncc1. The number of hydrogen-bond donors (Lipinski definition) is 1. The summed E-state index contributed by atoms with van der Waals surface area (Å²) < 4.78 is 0. The van der Waals surface area contributed by atoms with Gasteiger partial charge >= 0.3 is 5.97 Å². The fourth-order valence-corrected chi connectivity index (χ4v) is 3.91. The van der Waals surface area contributed by atoms with E-state index < -0.39 is 12.0 Å². The second-order valence-electron chi connectivity index (χ2n) is 7.61. The van der Waals surface area contributed by atoms with E-state index in [1.165, 1.54) is 0 Å². The van der Waals surface area contributed by atoms with Crippen molar-refractivity contribution in [1.29, 1.82) is 0 Å². The molecule has 5 nitrogen and oxygen atoms in total. The van der Waals surface area contributed by atoms with E-state index >= 15 is 0 Å². The molecule has 3 aromatic carbocycles. The van der Waals surface area contributed by atoms with Crippen LogP contribution in [0.3, 0.4) is 0 Å². The van der Waals surface area contributed by atoms with Gasteiger partial charge in [-0.05, 0) is 58.5 Å². The number of aromatic nitrogens is 1. The topological polar surface area (TPSA) is 79.6 Å². The molecule has 1 N–H and O–H groups in total. The standard InChI is InChI=1S/C27H22N2O3/c30-27(31)24-12-8-20(9-13-24)19-6-10-22(11-7-19)25(21-4-2-1-3-5-21)18-26(29-32)23-14-16-28-17-15-23/h1-17,25-26H,18H2,(H,30,31). The number of nitrogens with zero attached hydrogens (tertiary/aromatic N) is 2. The summed E-state index contributed by atoms with van der Waals surface area (Å²) in [5, 5.41) is 12.5. The summed E-state index contributed by atoms with van der Waals surface area (Å²) in [7, 11) is 0. The van der Waals surface area contributed by atoms with Gasteiger partial charge in [0.25, 0.3) is 0 Å². The molecule has 1 heterocycles. The summed E-state index contributed by atoms with van der Waals surface area (Å²) in [6.07, 6.45) is 3.90. The minimum absolute atomic E-state index is 0.00417. The molecule has 5 heteroatoms. The van der Waals surface area contributed by atoms with E-state index in [4.69, 9.17) is 5.11 Å². The van der Waals surface area contributed by atoms with Crippen molar-refractivity contribution in [1.82, 2.24) is 4.98 Å². The molecule has 2 atom stereocenters. The average Bonchev–Trinajstić information content (AvgIpc) is 2.86. The lowest BCUT2D eigenvalue weighted by Gasteiger charge is -2.21. The average molecular weight is 422 g/mol. The van der Waals surface area contributed by atoms with Crippen molar-refractivity contribution in [3.8, 4) is 11.1 Å². The summed E-state index contributed by atoms with van der Waals surface area (Å²) >= 11 is 0. The van der Waals surface area contributed by atoms with E-state index in [-0.39, 0.29) is 11.5 Å². The van der Waals surface area contributed by atoms with E-state index in [0.717, 1.165) is 27.8 Å². The smallest absolute Gasteiger partial charge is 0.335 e. The number of pyridine rings is 1. The number of carbonyl (C=O) groups is 1. The molecule has 0 amide bonds. The van der Waals surface area contributed by atoms with Gasteiger partial charge in [0.15, 0.2) is 0 Å². The summed E-state index contributed by atoms with van der Waals surface area (Å²) in [6, 6.07) is 28.3. The van der Waals surface area contributed by atoms with Crippen LogP contribution in [-0.2, 0) is 0 Å². The molecule has 1 aromatic heterocycles. The zero-order valence-electron chi connectivity index (χ0n) is 17.3. The van der Waals surface area contributed by atoms with Crippen LogP contribution >= 0.6 is 0 Å². The first-order chi connectivity index (χ1) is 15.7. The molecule has 0 radical (unpaired) electrons. The molecule has 32 heavy (non-hydrogen) atoms. The van der Waals surface area contributed by atoms with Crippen LogP contribution in [0.25, 0.3) is 11.1 Å². The zero-order chi connectivity index (χ0) is 22.3. The Labute approximate surface area is 186 Å². The number of nitroso groups, excluding NO2 is 1. The van der Waals surface area contributed by atoms with E-state index in [1.807, 2.05) is 54.6 Å². The number of benzene rings is 3. The van der Waals surface area contributed by atoms with Gasteiger partial charge in [0.1, 0.15) is 6.04 Å². The van der Waals surface area contributed by atoms with Crippen molar-refractivity contribution in [3.05, 3.63) is 131 Å². The highest BCUT2D eigenvalue weighted by molar-refractivity contribution is 5.88. The Bertz CT molecular complexity index is 1180. The lowest BCUT2D eigenvalue weighted by atomic mass is 9.84. The third-order valence-electron chi connectivity index (χ3n) is 5.66. The number of hydrogen-bond acceptors (Lipinski definition) is 4. The number of aromatic carboxylic acids is 1. The van der Waals surface area contributed by atoms with Crippen molar-refractivity contribution in [3.63, 3.8) is 0 Å². The zero-order valence-corrected chi connectivity index (χ0v) is 17.3. The fourth-order valence-electron chi connectivity index (χ4n) is 3.91. The molecular weight excluding hydrogens is 400 g/mol. The minimum atomic E-state index is -0.940. The predicted molar refractivity (Wildman–Crippen MR) is 125 cm³/mol. The van der Waals surface area contributed by atoms with Crippen LogP contribution in [0.2, 0.25) is 0 Å². The third-order valence-corrected chi connectivity index (χ3v) is 5.66. The molecule has 0 saturated carbocycles. The van der Waals surface area contributed by atoms with Gasteiger partial charge in [0, 0.05) is 18.3 Å². The third kappa shape index (κ3) is 4.78. The lowest BCUT2D eigenvalue weighted by Crippen LogP contribution is -2.07. The van der Waals surface area contributed by atoms with Crippen LogP contribution in [0.5, 0.6) is 0 Å². The summed E-state index contributed by atoms with van der Waals surface area (Å²) in [5.41, 5.74) is 5.27. The number of carboxylic acids is 1. The molecule has 0 bridgehead atoms. The van der Waals surface area contributed by atoms with Gasteiger partial charge in [0.2, 0.25) is 0 Å². The van der Waals surface area contributed by atoms with Crippen LogP contribution in [0.4, 0.5) is 0 Å². The normalized spacial score (nSPS) is 12.6. The summed E-state index contributed by atoms with van der Waals surface area (Å²) in [6.45, 7) is 0. The van der Waals surface area contributed by atoms with E-state index in [0.29, 0.717) is 6.42 Å². The maximum atomic E-state index is 11.7. The quantitative estimate of drug-likeness (QED) is 0.330. The maximum absolute atomic E-state index is 11.7. The molecule has 0 aliphatic heterocycles. The summed E-state index contributed by atoms with van der Waals surface area (Å²) in [5.74, 6) is -0.944. The molecule has 4 aromatic rings. The highest BCUT2D eigenvalue weighted by Gasteiger charge is 2.22. The first kappa shape index (κ1) is 21.1. The Hall–Kier alpha value is -4.12. The van der Waals surface area contributed by atoms with Crippen LogP contribution in [-0.4, -0.2) is 16.1 Å². The maximum Gasteiger partial charge on any atom is 0.335 e. The van der Waals surface area contributed by atoms with Crippen molar-refractivity contribution in [2.24, 2.45) is 5.18 Å². The van der Waals surface area contributed by atoms with Gasteiger partial charge < -0.3 is 5.11 Å². The molecule has 158 valence electrons. The Morgan fingerprint density at radius 2 is 1.31 bits per heavy atom. The lowest BCUT2D eigenvalue weighted by molar-refractivity contribution is 0.0697. The van der Waals surface area contributed by atoms with Gasteiger partial charge in [-0.15, -0.1) is 0 Å². The second kappa shape index (κ2) is 9.79. The van der Waals surface area contributed by atoms with Crippen LogP contribution in [0, 0.1) is 4.91 Å². The van der Waals surface area contributed by atoms with Crippen LogP contribution < -0.4 is 0 Å². The minimum Gasteiger partial charge on any atom is -0.478 e. The fraction of sp³-hybridized carbons (Fsp3) is 0.111. The van der Waals surface area contributed by atoms with Crippen molar-refractivity contribution < 1.29 is 9.90 Å². The Morgan fingerprint density at radius 3 is 1.88 bits per heavy atom.